The molecule has 33 heavy (non-hydrogen) atoms. The van der Waals surface area contributed by atoms with Gasteiger partial charge in [-0.05, 0) is 28.7 Å². The molecule has 3 atom stereocenters. The summed E-state index contributed by atoms with van der Waals surface area (Å²) in [5.41, 5.74) is 4.52. The Bertz CT molecular complexity index is 1040. The Morgan fingerprint density at radius 3 is 2.24 bits per heavy atom. The molecular weight excluding hydrogens is 424 g/mol. The topological polar surface area (TPSA) is 114 Å². The van der Waals surface area contributed by atoms with Crippen molar-refractivity contribution in [1.82, 2.24) is 10.6 Å². The van der Waals surface area contributed by atoms with Crippen LogP contribution in [0, 0.1) is 5.92 Å². The van der Waals surface area contributed by atoms with Crippen molar-refractivity contribution in [3.63, 3.8) is 0 Å². The van der Waals surface area contributed by atoms with E-state index in [2.05, 4.69) is 22.8 Å². The summed E-state index contributed by atoms with van der Waals surface area (Å²) in [6.07, 6.45) is 1.94. The predicted octanol–water partition coefficient (Wildman–Crippen LogP) is 2.69. The molecule has 0 aromatic heterocycles. The number of hydrogen-bond acceptors (Lipinski definition) is 5. The first-order chi connectivity index (χ1) is 16.0. The average molecular weight is 450 g/mol. The Kier molecular flexibility index (Phi) is 6.74. The van der Waals surface area contributed by atoms with Crippen molar-refractivity contribution in [2.24, 2.45) is 5.92 Å². The Labute approximate surface area is 191 Å². The zero-order valence-electron chi connectivity index (χ0n) is 18.2. The van der Waals surface area contributed by atoms with E-state index in [0.29, 0.717) is 0 Å². The summed E-state index contributed by atoms with van der Waals surface area (Å²) in [7, 11) is 1.37. The van der Waals surface area contributed by atoms with E-state index >= 15 is 0 Å². The van der Waals surface area contributed by atoms with Gasteiger partial charge < -0.3 is 25.2 Å². The van der Waals surface area contributed by atoms with Gasteiger partial charge in [0.1, 0.15) is 6.61 Å². The van der Waals surface area contributed by atoms with Gasteiger partial charge in [0, 0.05) is 19.1 Å². The van der Waals surface area contributed by atoms with Crippen LogP contribution in [0.5, 0.6) is 0 Å². The summed E-state index contributed by atoms with van der Waals surface area (Å²) < 4.78 is 10.7. The molecule has 2 amide bonds. The van der Waals surface area contributed by atoms with Crippen molar-refractivity contribution >= 4 is 18.0 Å². The quantitative estimate of drug-likeness (QED) is 0.533. The molecule has 0 heterocycles. The highest BCUT2D eigenvalue weighted by atomic mass is 16.5. The maximum atomic E-state index is 12.5. The predicted molar refractivity (Wildman–Crippen MR) is 121 cm³/mol. The highest BCUT2D eigenvalue weighted by Crippen LogP contribution is 2.44. The molecule has 8 heteroatoms. The molecule has 0 spiro atoms. The first-order valence-corrected chi connectivity index (χ1v) is 10.8. The number of nitrogens with one attached hydrogen (secondary N) is 2. The molecule has 172 valence electrons. The van der Waals surface area contributed by atoms with Gasteiger partial charge in [0.25, 0.3) is 5.91 Å². The van der Waals surface area contributed by atoms with Gasteiger partial charge >= 0.3 is 12.1 Å². The third kappa shape index (κ3) is 4.90. The van der Waals surface area contributed by atoms with E-state index in [9.17, 15) is 14.4 Å². The second kappa shape index (κ2) is 9.87. The van der Waals surface area contributed by atoms with Crippen molar-refractivity contribution in [3.05, 3.63) is 71.8 Å². The number of methoxy groups -OCH3 is 1. The number of benzene rings is 2. The van der Waals surface area contributed by atoms with Crippen molar-refractivity contribution in [2.75, 3.05) is 20.3 Å². The maximum absolute atomic E-state index is 12.5. The molecule has 3 unspecified atom stereocenters. The minimum Gasteiger partial charge on any atom is -0.481 e. The lowest BCUT2D eigenvalue weighted by Crippen LogP contribution is -2.46. The zero-order valence-corrected chi connectivity index (χ0v) is 18.2. The fourth-order valence-corrected chi connectivity index (χ4v) is 4.37. The van der Waals surface area contributed by atoms with Crippen LogP contribution in [-0.4, -0.2) is 55.5 Å². The number of rotatable bonds is 8. The summed E-state index contributed by atoms with van der Waals surface area (Å²) in [5, 5.41) is 14.4. The summed E-state index contributed by atoms with van der Waals surface area (Å²) in [6, 6.07) is 15.7. The fraction of sp³-hybridized carbons (Fsp3) is 0.320. The van der Waals surface area contributed by atoms with E-state index in [4.69, 9.17) is 14.6 Å². The molecule has 4 rings (SSSR count). The normalized spacial score (nSPS) is 19.4. The molecule has 8 nitrogen and oxygen atoms in total. The molecule has 2 aromatic rings. The van der Waals surface area contributed by atoms with Crippen LogP contribution >= 0.6 is 0 Å². The zero-order chi connectivity index (χ0) is 23.4. The van der Waals surface area contributed by atoms with E-state index < -0.39 is 30.0 Å². The van der Waals surface area contributed by atoms with Crippen LogP contribution in [0.25, 0.3) is 11.1 Å². The van der Waals surface area contributed by atoms with Crippen molar-refractivity contribution < 1.29 is 29.0 Å². The number of hydrogen-bond donors (Lipinski definition) is 3. The maximum Gasteiger partial charge on any atom is 0.407 e. The summed E-state index contributed by atoms with van der Waals surface area (Å²) in [4.78, 5) is 35.8. The van der Waals surface area contributed by atoms with Crippen molar-refractivity contribution in [3.8, 4) is 11.1 Å². The lowest BCUT2D eigenvalue weighted by molar-refractivity contribution is -0.140. The number of fused-ring (bicyclic) bond motifs is 3. The van der Waals surface area contributed by atoms with Gasteiger partial charge in [-0.1, -0.05) is 60.7 Å². The molecule has 0 radical (unpaired) electrons. The summed E-state index contributed by atoms with van der Waals surface area (Å²) in [5.74, 6) is -2.03. The summed E-state index contributed by atoms with van der Waals surface area (Å²) in [6.45, 7) is 0.102. The fourth-order valence-electron chi connectivity index (χ4n) is 4.37. The van der Waals surface area contributed by atoms with Gasteiger partial charge in [-0.25, -0.2) is 4.79 Å². The number of carboxylic acids is 1. The molecule has 3 N–H and O–H groups in total. The third-order valence-corrected chi connectivity index (χ3v) is 6.08. The van der Waals surface area contributed by atoms with Crippen LogP contribution in [0.4, 0.5) is 4.79 Å². The first-order valence-electron chi connectivity index (χ1n) is 10.8. The molecule has 0 aliphatic heterocycles. The Balaban J connectivity index is 1.28. The monoisotopic (exact) mass is 450 g/mol. The third-order valence-electron chi connectivity index (χ3n) is 6.08. The standard InChI is InChI=1S/C25H26N2O6/c1-32-22(23(28)27-16-11-10-15(12-16)24(29)30)13-26-25(31)33-14-21-19-8-4-2-6-17(19)18-7-3-5-9-20(18)21/h2-11,15-16,21-22H,12-14H2,1H3,(H,26,31)(H,27,28)(H,29,30). The number of alkyl carbamates (subject to hydrolysis) is 1. The van der Waals surface area contributed by atoms with Gasteiger partial charge in [-0.2, -0.15) is 0 Å². The number of ether oxygens (including phenoxy) is 2. The highest BCUT2D eigenvalue weighted by Gasteiger charge is 2.30. The van der Waals surface area contributed by atoms with Crippen LogP contribution < -0.4 is 10.6 Å². The van der Waals surface area contributed by atoms with E-state index in [0.717, 1.165) is 22.3 Å². The number of carbonyl (C=O) groups excluding carboxylic acids is 2. The molecule has 2 aromatic carbocycles. The van der Waals surface area contributed by atoms with Gasteiger partial charge in [0.15, 0.2) is 6.10 Å². The van der Waals surface area contributed by atoms with Crippen molar-refractivity contribution in [1.29, 1.82) is 0 Å². The molecule has 0 saturated carbocycles. The van der Waals surface area contributed by atoms with Gasteiger partial charge in [-0.3, -0.25) is 9.59 Å². The van der Waals surface area contributed by atoms with Gasteiger partial charge in [-0.15, -0.1) is 0 Å². The number of aliphatic carboxylic acids is 1. The van der Waals surface area contributed by atoms with E-state index in [-0.39, 0.29) is 31.5 Å². The number of amides is 2. The second-order valence-electron chi connectivity index (χ2n) is 8.11. The van der Waals surface area contributed by atoms with Gasteiger partial charge in [0.2, 0.25) is 0 Å². The highest BCUT2D eigenvalue weighted by molar-refractivity contribution is 5.83. The summed E-state index contributed by atoms with van der Waals surface area (Å²) >= 11 is 0. The Morgan fingerprint density at radius 1 is 1.03 bits per heavy atom. The van der Waals surface area contributed by atoms with Crippen molar-refractivity contribution in [2.45, 2.75) is 24.5 Å². The average Bonchev–Trinajstić information content (AvgIpc) is 3.41. The minimum atomic E-state index is -0.928. The Hall–Kier alpha value is -3.65. The van der Waals surface area contributed by atoms with E-state index in [1.165, 1.54) is 7.11 Å². The van der Waals surface area contributed by atoms with Crippen LogP contribution in [-0.2, 0) is 19.1 Å². The van der Waals surface area contributed by atoms with Crippen LogP contribution in [0.2, 0.25) is 0 Å². The second-order valence-corrected chi connectivity index (χ2v) is 8.11. The van der Waals surface area contributed by atoms with E-state index in [1.807, 2.05) is 36.4 Å². The number of carboxylic acid groups (broad SMARTS) is 1. The smallest absolute Gasteiger partial charge is 0.407 e. The lowest BCUT2D eigenvalue weighted by Gasteiger charge is -2.19. The largest absolute Gasteiger partial charge is 0.481 e. The molecule has 2 aliphatic carbocycles. The molecule has 2 aliphatic rings. The number of carbonyl (C=O) groups is 3. The molecule has 0 fully saturated rings. The first kappa shape index (κ1) is 22.5. The van der Waals surface area contributed by atoms with Crippen LogP contribution in [0.15, 0.2) is 60.7 Å². The van der Waals surface area contributed by atoms with Crippen LogP contribution in [0.3, 0.4) is 0 Å². The molecular formula is C25H26N2O6. The SMILES string of the molecule is COC(CNC(=O)OCC1c2ccccc2-c2ccccc21)C(=O)NC1C=CC(C(=O)O)C1. The van der Waals surface area contributed by atoms with E-state index in [1.54, 1.807) is 12.2 Å². The molecule has 0 bridgehead atoms. The van der Waals surface area contributed by atoms with Crippen LogP contribution in [0.1, 0.15) is 23.5 Å². The van der Waals surface area contributed by atoms with Gasteiger partial charge in [0.05, 0.1) is 12.5 Å². The molecule has 0 saturated heterocycles. The lowest BCUT2D eigenvalue weighted by atomic mass is 9.98. The minimum absolute atomic E-state index is 0.0546. The Morgan fingerprint density at radius 2 is 1.67 bits per heavy atom.